The third-order valence-electron chi connectivity index (χ3n) is 1.95. The topological polar surface area (TPSA) is 61.0 Å². The standard InChI is InChI=1S/C11H10BrN3O/c12-9-3-1-8(2-4-9)7-16-10-5-6-14-11(13)15-10/h1-6H,7H2,(H2,13,14,15). The van der Waals surface area contributed by atoms with Crippen LogP contribution in [0.25, 0.3) is 0 Å². The number of hydrogen-bond acceptors (Lipinski definition) is 4. The second-order valence-corrected chi connectivity index (χ2v) is 4.08. The molecule has 0 aliphatic heterocycles. The molecule has 0 saturated heterocycles. The molecule has 1 aromatic carbocycles. The van der Waals surface area contributed by atoms with Crippen molar-refractivity contribution < 1.29 is 4.74 Å². The molecule has 16 heavy (non-hydrogen) atoms. The molecule has 2 N–H and O–H groups in total. The highest BCUT2D eigenvalue weighted by molar-refractivity contribution is 9.10. The minimum atomic E-state index is 0.216. The van der Waals surface area contributed by atoms with Gasteiger partial charge in [0.2, 0.25) is 11.8 Å². The Balaban J connectivity index is 1.99. The third-order valence-corrected chi connectivity index (χ3v) is 2.48. The van der Waals surface area contributed by atoms with Gasteiger partial charge < -0.3 is 10.5 Å². The second kappa shape index (κ2) is 4.94. The second-order valence-electron chi connectivity index (χ2n) is 3.17. The molecular formula is C11H10BrN3O. The van der Waals surface area contributed by atoms with Crippen molar-refractivity contribution in [1.82, 2.24) is 9.97 Å². The molecular weight excluding hydrogens is 270 g/mol. The molecule has 1 aromatic heterocycles. The van der Waals surface area contributed by atoms with E-state index in [0.29, 0.717) is 12.5 Å². The van der Waals surface area contributed by atoms with Gasteiger partial charge in [0, 0.05) is 16.7 Å². The molecule has 0 amide bonds. The van der Waals surface area contributed by atoms with Gasteiger partial charge in [-0.3, -0.25) is 0 Å². The average molecular weight is 280 g/mol. The lowest BCUT2D eigenvalue weighted by Gasteiger charge is -2.05. The van der Waals surface area contributed by atoms with Crippen LogP contribution in [0.4, 0.5) is 5.95 Å². The van der Waals surface area contributed by atoms with E-state index in [9.17, 15) is 0 Å². The summed E-state index contributed by atoms with van der Waals surface area (Å²) in [6, 6.07) is 9.57. The maximum atomic E-state index is 5.47. The van der Waals surface area contributed by atoms with Crippen LogP contribution in [0.5, 0.6) is 5.88 Å². The summed E-state index contributed by atoms with van der Waals surface area (Å²) in [7, 11) is 0. The summed E-state index contributed by atoms with van der Waals surface area (Å²) in [6.45, 7) is 0.462. The Bertz CT molecular complexity index is 473. The zero-order chi connectivity index (χ0) is 11.4. The number of anilines is 1. The first kappa shape index (κ1) is 10.9. The smallest absolute Gasteiger partial charge is 0.223 e. The van der Waals surface area contributed by atoms with Crippen LogP contribution in [0.15, 0.2) is 41.0 Å². The van der Waals surface area contributed by atoms with Gasteiger partial charge in [0.15, 0.2) is 0 Å². The average Bonchev–Trinajstić information content (AvgIpc) is 2.28. The summed E-state index contributed by atoms with van der Waals surface area (Å²) in [5.41, 5.74) is 6.51. The Hall–Kier alpha value is -1.62. The highest BCUT2D eigenvalue weighted by atomic mass is 79.9. The number of ether oxygens (including phenoxy) is 1. The van der Waals surface area contributed by atoms with E-state index in [1.807, 2.05) is 24.3 Å². The van der Waals surface area contributed by atoms with Crippen LogP contribution in [-0.2, 0) is 6.61 Å². The lowest BCUT2D eigenvalue weighted by molar-refractivity contribution is 0.294. The van der Waals surface area contributed by atoms with E-state index >= 15 is 0 Å². The Morgan fingerprint density at radius 3 is 2.62 bits per heavy atom. The molecule has 0 unspecified atom stereocenters. The zero-order valence-corrected chi connectivity index (χ0v) is 10.0. The SMILES string of the molecule is Nc1nccc(OCc2ccc(Br)cc2)n1. The van der Waals surface area contributed by atoms with E-state index in [4.69, 9.17) is 10.5 Å². The van der Waals surface area contributed by atoms with E-state index in [0.717, 1.165) is 10.0 Å². The van der Waals surface area contributed by atoms with Crippen molar-refractivity contribution in [2.75, 3.05) is 5.73 Å². The van der Waals surface area contributed by atoms with Gasteiger partial charge in [-0.15, -0.1) is 0 Å². The first-order valence-corrected chi connectivity index (χ1v) is 5.49. The Morgan fingerprint density at radius 1 is 1.19 bits per heavy atom. The van der Waals surface area contributed by atoms with Crippen LogP contribution in [0.2, 0.25) is 0 Å². The van der Waals surface area contributed by atoms with Crippen LogP contribution >= 0.6 is 15.9 Å². The van der Waals surface area contributed by atoms with Crippen molar-refractivity contribution in [3.63, 3.8) is 0 Å². The Kier molecular flexibility index (Phi) is 3.36. The Morgan fingerprint density at radius 2 is 1.94 bits per heavy atom. The summed E-state index contributed by atoms with van der Waals surface area (Å²) in [5.74, 6) is 0.698. The van der Waals surface area contributed by atoms with Crippen LogP contribution in [0, 0.1) is 0 Å². The van der Waals surface area contributed by atoms with Gasteiger partial charge in [0.1, 0.15) is 6.61 Å². The fraction of sp³-hybridized carbons (Fsp3) is 0.0909. The van der Waals surface area contributed by atoms with Gasteiger partial charge in [-0.25, -0.2) is 4.98 Å². The number of nitrogens with two attached hydrogens (primary N) is 1. The summed E-state index contributed by atoms with van der Waals surface area (Å²) in [4.78, 5) is 7.73. The number of halogens is 1. The minimum absolute atomic E-state index is 0.216. The summed E-state index contributed by atoms with van der Waals surface area (Å²) in [5, 5.41) is 0. The predicted octanol–water partition coefficient (Wildman–Crippen LogP) is 2.40. The van der Waals surface area contributed by atoms with Gasteiger partial charge in [-0.1, -0.05) is 28.1 Å². The van der Waals surface area contributed by atoms with E-state index in [-0.39, 0.29) is 5.95 Å². The maximum absolute atomic E-state index is 5.47. The van der Waals surface area contributed by atoms with Crippen molar-refractivity contribution in [2.45, 2.75) is 6.61 Å². The van der Waals surface area contributed by atoms with E-state index in [1.165, 1.54) is 0 Å². The third kappa shape index (κ3) is 2.93. The zero-order valence-electron chi connectivity index (χ0n) is 8.43. The highest BCUT2D eigenvalue weighted by Gasteiger charge is 1.98. The quantitative estimate of drug-likeness (QED) is 0.937. The van der Waals surface area contributed by atoms with E-state index in [1.54, 1.807) is 12.3 Å². The monoisotopic (exact) mass is 279 g/mol. The van der Waals surface area contributed by atoms with Crippen molar-refractivity contribution in [3.05, 3.63) is 46.6 Å². The molecule has 0 saturated carbocycles. The molecule has 2 aromatic rings. The Labute approximate surface area is 102 Å². The largest absolute Gasteiger partial charge is 0.473 e. The van der Waals surface area contributed by atoms with Crippen molar-refractivity contribution in [3.8, 4) is 5.88 Å². The first-order valence-electron chi connectivity index (χ1n) is 4.70. The molecule has 0 aliphatic rings. The van der Waals surface area contributed by atoms with Crippen LogP contribution in [-0.4, -0.2) is 9.97 Å². The van der Waals surface area contributed by atoms with Crippen molar-refractivity contribution in [2.24, 2.45) is 0 Å². The van der Waals surface area contributed by atoms with Gasteiger partial charge in [0.25, 0.3) is 0 Å². The first-order chi connectivity index (χ1) is 7.74. The molecule has 2 rings (SSSR count). The van der Waals surface area contributed by atoms with Crippen LogP contribution < -0.4 is 10.5 Å². The molecule has 82 valence electrons. The fourth-order valence-corrected chi connectivity index (χ4v) is 1.44. The van der Waals surface area contributed by atoms with E-state index in [2.05, 4.69) is 25.9 Å². The predicted molar refractivity (Wildman–Crippen MR) is 64.9 cm³/mol. The maximum Gasteiger partial charge on any atom is 0.223 e. The molecule has 4 nitrogen and oxygen atoms in total. The molecule has 5 heteroatoms. The number of nitrogen functional groups attached to an aromatic ring is 1. The van der Waals surface area contributed by atoms with Crippen LogP contribution in [0.1, 0.15) is 5.56 Å². The van der Waals surface area contributed by atoms with Crippen molar-refractivity contribution >= 4 is 21.9 Å². The van der Waals surface area contributed by atoms with E-state index < -0.39 is 0 Å². The normalized spacial score (nSPS) is 10.1. The molecule has 0 aliphatic carbocycles. The summed E-state index contributed by atoms with van der Waals surface area (Å²) >= 11 is 3.37. The molecule has 0 bridgehead atoms. The lowest BCUT2D eigenvalue weighted by Crippen LogP contribution is -2.00. The molecule has 0 fully saturated rings. The van der Waals surface area contributed by atoms with Gasteiger partial charge in [0.05, 0.1) is 0 Å². The van der Waals surface area contributed by atoms with Gasteiger partial charge in [-0.2, -0.15) is 4.98 Å². The highest BCUT2D eigenvalue weighted by Crippen LogP contribution is 2.13. The van der Waals surface area contributed by atoms with Crippen LogP contribution in [0.3, 0.4) is 0 Å². The summed E-state index contributed by atoms with van der Waals surface area (Å²) in [6.07, 6.45) is 1.57. The number of hydrogen-bond donors (Lipinski definition) is 1. The molecule has 0 radical (unpaired) electrons. The number of benzene rings is 1. The lowest BCUT2D eigenvalue weighted by atomic mass is 10.2. The van der Waals surface area contributed by atoms with Gasteiger partial charge >= 0.3 is 0 Å². The number of nitrogens with zero attached hydrogens (tertiary/aromatic N) is 2. The summed E-state index contributed by atoms with van der Waals surface area (Å²) < 4.78 is 6.51. The number of aromatic nitrogens is 2. The van der Waals surface area contributed by atoms with Gasteiger partial charge in [-0.05, 0) is 17.7 Å². The fourth-order valence-electron chi connectivity index (χ4n) is 1.17. The molecule has 0 atom stereocenters. The number of rotatable bonds is 3. The molecule has 1 heterocycles. The molecule has 0 spiro atoms. The van der Waals surface area contributed by atoms with Crippen molar-refractivity contribution in [1.29, 1.82) is 0 Å². The minimum Gasteiger partial charge on any atom is -0.473 e.